The monoisotopic (exact) mass is 377 g/mol. The summed E-state index contributed by atoms with van der Waals surface area (Å²) in [7, 11) is 2.10. The molecular weight excluding hydrogens is 354 g/mol. The third-order valence-corrected chi connectivity index (χ3v) is 5.98. The van der Waals surface area contributed by atoms with Gasteiger partial charge in [-0.05, 0) is 49.9 Å². The lowest BCUT2D eigenvalue weighted by molar-refractivity contribution is 0.353. The molecule has 0 aliphatic carbocycles. The fourth-order valence-corrected chi connectivity index (χ4v) is 4.42. The Hall–Kier alpha value is -3.00. The number of phenols is 1. The minimum absolute atomic E-state index is 0.150. The minimum Gasteiger partial charge on any atom is -0.507 e. The van der Waals surface area contributed by atoms with Crippen molar-refractivity contribution in [2.75, 3.05) is 11.9 Å². The van der Waals surface area contributed by atoms with Gasteiger partial charge in [0.05, 0.1) is 11.4 Å². The van der Waals surface area contributed by atoms with Gasteiger partial charge in [0.2, 0.25) is 0 Å². The normalized spacial score (nSPS) is 23.7. The number of hydrogen-bond acceptors (Lipinski definition) is 7. The first-order valence-corrected chi connectivity index (χ1v) is 9.68. The molecule has 3 atom stereocenters. The molecule has 28 heavy (non-hydrogen) atoms. The molecule has 2 bridgehead atoms. The van der Waals surface area contributed by atoms with E-state index in [0.29, 0.717) is 29.4 Å². The van der Waals surface area contributed by atoms with Gasteiger partial charge in [0.25, 0.3) is 0 Å². The van der Waals surface area contributed by atoms with E-state index in [1.807, 2.05) is 24.3 Å². The van der Waals surface area contributed by atoms with Crippen molar-refractivity contribution in [2.45, 2.75) is 43.8 Å². The Morgan fingerprint density at radius 3 is 2.43 bits per heavy atom. The summed E-state index contributed by atoms with van der Waals surface area (Å²) >= 11 is 0. The second kappa shape index (κ2) is 6.87. The van der Waals surface area contributed by atoms with Crippen LogP contribution in [0.2, 0.25) is 0 Å². The molecule has 2 aliphatic rings. The molecule has 5 rings (SSSR count). The average molecular weight is 377 g/mol. The standard InChI is InChI=1S/C20H23N7O/c1-26(16-8-13-2-3-14(9-16)23-13)20-7-6-18(24-25-20)17-5-4-15(10-19(17)28)27-11-21-22-12-27/h4-7,10-14,16,23,28H,2-3,8-9H2,1H3/t13-,14?,16-/m0/s1. The summed E-state index contributed by atoms with van der Waals surface area (Å²) in [6.07, 6.45) is 8.05. The van der Waals surface area contributed by atoms with Crippen LogP contribution in [0.3, 0.4) is 0 Å². The summed E-state index contributed by atoms with van der Waals surface area (Å²) in [4.78, 5) is 2.25. The predicted molar refractivity (Wildman–Crippen MR) is 105 cm³/mol. The van der Waals surface area contributed by atoms with E-state index in [0.717, 1.165) is 24.3 Å². The van der Waals surface area contributed by atoms with Crippen LogP contribution < -0.4 is 10.2 Å². The van der Waals surface area contributed by atoms with E-state index in [1.54, 1.807) is 23.3 Å². The number of aromatic nitrogens is 5. The van der Waals surface area contributed by atoms with Gasteiger partial charge in [-0.15, -0.1) is 20.4 Å². The zero-order valence-corrected chi connectivity index (χ0v) is 15.7. The molecule has 144 valence electrons. The van der Waals surface area contributed by atoms with Crippen molar-refractivity contribution in [3.63, 3.8) is 0 Å². The van der Waals surface area contributed by atoms with Crippen molar-refractivity contribution in [1.82, 2.24) is 30.3 Å². The fraction of sp³-hybridized carbons (Fsp3) is 0.400. The summed E-state index contributed by atoms with van der Waals surface area (Å²) < 4.78 is 1.74. The second-order valence-corrected chi connectivity index (χ2v) is 7.72. The van der Waals surface area contributed by atoms with Crippen LogP contribution in [0.25, 0.3) is 16.9 Å². The third kappa shape index (κ3) is 3.09. The number of hydrogen-bond donors (Lipinski definition) is 2. The van der Waals surface area contributed by atoms with Gasteiger partial charge in [-0.1, -0.05) is 0 Å². The zero-order valence-electron chi connectivity index (χ0n) is 15.7. The summed E-state index contributed by atoms with van der Waals surface area (Å²) in [5.41, 5.74) is 2.09. The highest BCUT2D eigenvalue weighted by molar-refractivity contribution is 5.69. The zero-order chi connectivity index (χ0) is 19.1. The summed E-state index contributed by atoms with van der Waals surface area (Å²) in [6.45, 7) is 0. The van der Waals surface area contributed by atoms with E-state index in [2.05, 4.69) is 37.7 Å². The van der Waals surface area contributed by atoms with Gasteiger partial charge in [-0.2, -0.15) is 0 Å². The molecule has 2 aliphatic heterocycles. The Morgan fingerprint density at radius 2 is 1.79 bits per heavy atom. The summed E-state index contributed by atoms with van der Waals surface area (Å²) in [6, 6.07) is 11.1. The van der Waals surface area contributed by atoms with Gasteiger partial charge in [-0.3, -0.25) is 4.57 Å². The molecule has 4 heterocycles. The molecule has 0 spiro atoms. The van der Waals surface area contributed by atoms with Crippen molar-refractivity contribution >= 4 is 5.82 Å². The maximum absolute atomic E-state index is 10.5. The number of piperidine rings is 1. The summed E-state index contributed by atoms with van der Waals surface area (Å²) in [5, 5.41) is 30.5. The summed E-state index contributed by atoms with van der Waals surface area (Å²) in [5.74, 6) is 1.02. The molecule has 8 nitrogen and oxygen atoms in total. The van der Waals surface area contributed by atoms with Crippen molar-refractivity contribution < 1.29 is 5.11 Å². The number of benzene rings is 1. The van der Waals surface area contributed by atoms with Crippen LogP contribution >= 0.6 is 0 Å². The molecule has 0 amide bonds. The molecule has 8 heteroatoms. The first-order chi connectivity index (χ1) is 13.7. The Balaban J connectivity index is 1.35. The van der Waals surface area contributed by atoms with Crippen molar-refractivity contribution in [3.8, 4) is 22.7 Å². The van der Waals surface area contributed by atoms with Crippen LogP contribution in [0.1, 0.15) is 25.7 Å². The molecule has 2 aromatic heterocycles. The third-order valence-electron chi connectivity index (χ3n) is 5.98. The van der Waals surface area contributed by atoms with Gasteiger partial charge in [-0.25, -0.2) is 0 Å². The van der Waals surface area contributed by atoms with E-state index in [1.165, 1.54) is 12.8 Å². The number of aromatic hydroxyl groups is 1. The molecule has 2 N–H and O–H groups in total. The predicted octanol–water partition coefficient (Wildman–Crippen LogP) is 2.15. The Morgan fingerprint density at radius 1 is 1.04 bits per heavy atom. The first kappa shape index (κ1) is 17.1. The second-order valence-electron chi connectivity index (χ2n) is 7.72. The molecule has 2 saturated heterocycles. The van der Waals surface area contributed by atoms with Gasteiger partial charge < -0.3 is 15.3 Å². The van der Waals surface area contributed by atoms with Gasteiger partial charge in [0, 0.05) is 36.8 Å². The molecule has 3 aromatic rings. The van der Waals surface area contributed by atoms with E-state index >= 15 is 0 Å². The van der Waals surface area contributed by atoms with Gasteiger partial charge in [0.15, 0.2) is 5.82 Å². The minimum atomic E-state index is 0.150. The highest BCUT2D eigenvalue weighted by Crippen LogP contribution is 2.32. The number of nitrogens with zero attached hydrogens (tertiary/aromatic N) is 6. The van der Waals surface area contributed by atoms with Crippen LogP contribution in [0.15, 0.2) is 43.0 Å². The van der Waals surface area contributed by atoms with Crippen LogP contribution in [-0.2, 0) is 0 Å². The fourth-order valence-electron chi connectivity index (χ4n) is 4.42. The number of fused-ring (bicyclic) bond motifs is 2. The quantitative estimate of drug-likeness (QED) is 0.720. The Bertz CT molecular complexity index is 945. The highest BCUT2D eigenvalue weighted by atomic mass is 16.3. The van der Waals surface area contributed by atoms with Crippen LogP contribution in [0.5, 0.6) is 5.75 Å². The largest absolute Gasteiger partial charge is 0.507 e. The van der Waals surface area contributed by atoms with Crippen molar-refractivity contribution in [3.05, 3.63) is 43.0 Å². The van der Waals surface area contributed by atoms with E-state index in [9.17, 15) is 5.11 Å². The maximum Gasteiger partial charge on any atom is 0.151 e. The van der Waals surface area contributed by atoms with Crippen LogP contribution in [0, 0.1) is 0 Å². The van der Waals surface area contributed by atoms with Crippen molar-refractivity contribution in [1.29, 1.82) is 0 Å². The number of nitrogens with one attached hydrogen (secondary N) is 1. The van der Waals surface area contributed by atoms with Crippen molar-refractivity contribution in [2.24, 2.45) is 0 Å². The van der Waals surface area contributed by atoms with Gasteiger partial charge in [0.1, 0.15) is 18.4 Å². The number of phenolic OH excluding ortho intramolecular Hbond substituents is 1. The van der Waals surface area contributed by atoms with Crippen LogP contribution in [-0.4, -0.2) is 55.2 Å². The Kier molecular flexibility index (Phi) is 4.20. The molecule has 0 radical (unpaired) electrons. The smallest absolute Gasteiger partial charge is 0.151 e. The maximum atomic E-state index is 10.5. The topological polar surface area (TPSA) is 92.0 Å². The lowest BCUT2D eigenvalue weighted by atomic mass is 9.98. The lowest BCUT2D eigenvalue weighted by Crippen LogP contribution is -2.47. The van der Waals surface area contributed by atoms with Gasteiger partial charge >= 0.3 is 0 Å². The van der Waals surface area contributed by atoms with Crippen LogP contribution in [0.4, 0.5) is 5.82 Å². The average Bonchev–Trinajstić information content (AvgIpc) is 3.37. The van der Waals surface area contributed by atoms with E-state index < -0.39 is 0 Å². The molecule has 2 fully saturated rings. The molecular formula is C20H23N7O. The SMILES string of the molecule is CN(c1ccc(-c2ccc(-n3cnnc3)cc2O)nn1)[C@@H]1CC2CC[C@@H](C1)N2. The first-order valence-electron chi connectivity index (χ1n) is 9.68. The molecule has 0 saturated carbocycles. The molecule has 1 aromatic carbocycles. The molecule has 1 unspecified atom stereocenters. The Labute approximate surface area is 163 Å². The number of rotatable bonds is 4. The lowest BCUT2D eigenvalue weighted by Gasteiger charge is -2.36. The number of anilines is 1. The highest BCUT2D eigenvalue weighted by Gasteiger charge is 2.35. The van der Waals surface area contributed by atoms with E-state index in [-0.39, 0.29) is 5.75 Å². The van der Waals surface area contributed by atoms with E-state index in [4.69, 9.17) is 0 Å².